The van der Waals surface area contributed by atoms with Crippen LogP contribution in [0.2, 0.25) is 0 Å². The molecular formula is C15H15N3O. The number of hydrogen-bond donors (Lipinski definition) is 1. The molecule has 0 radical (unpaired) electrons. The summed E-state index contributed by atoms with van der Waals surface area (Å²) in [4.78, 5) is 11.8. The first-order valence-corrected chi connectivity index (χ1v) is 6.09. The van der Waals surface area contributed by atoms with E-state index in [1.54, 1.807) is 24.3 Å². The molecule has 0 saturated carbocycles. The average Bonchev–Trinajstić information content (AvgIpc) is 2.82. The van der Waals surface area contributed by atoms with Crippen LogP contribution in [0.15, 0.2) is 42.6 Å². The lowest BCUT2D eigenvalue weighted by Crippen LogP contribution is -2.13. The summed E-state index contributed by atoms with van der Waals surface area (Å²) in [6, 6.07) is 12.9. The van der Waals surface area contributed by atoms with Crippen LogP contribution in [-0.2, 0) is 18.3 Å². The van der Waals surface area contributed by atoms with Crippen molar-refractivity contribution in [2.45, 2.75) is 12.8 Å². The third kappa shape index (κ3) is 3.46. The molecule has 0 aliphatic rings. The van der Waals surface area contributed by atoms with E-state index in [4.69, 9.17) is 5.26 Å². The lowest BCUT2D eigenvalue weighted by Gasteiger charge is -2.06. The van der Waals surface area contributed by atoms with Gasteiger partial charge < -0.3 is 9.88 Å². The largest absolute Gasteiger partial charge is 0.354 e. The summed E-state index contributed by atoms with van der Waals surface area (Å²) in [5.41, 5.74) is 2.33. The molecule has 0 atom stereocenters. The van der Waals surface area contributed by atoms with Crippen molar-refractivity contribution >= 4 is 11.6 Å². The van der Waals surface area contributed by atoms with Gasteiger partial charge in [-0.1, -0.05) is 6.07 Å². The van der Waals surface area contributed by atoms with Gasteiger partial charge in [0.25, 0.3) is 0 Å². The SMILES string of the molecule is Cn1cccc1CCC(=O)Nc1cccc(C#N)c1. The first-order chi connectivity index (χ1) is 9.19. The highest BCUT2D eigenvalue weighted by Crippen LogP contribution is 2.11. The first-order valence-electron chi connectivity index (χ1n) is 6.09. The van der Waals surface area contributed by atoms with Crippen LogP contribution in [0.25, 0.3) is 0 Å². The summed E-state index contributed by atoms with van der Waals surface area (Å²) < 4.78 is 2.00. The van der Waals surface area contributed by atoms with Crippen molar-refractivity contribution in [1.82, 2.24) is 4.57 Å². The Bertz CT molecular complexity index is 622. The van der Waals surface area contributed by atoms with Crippen molar-refractivity contribution in [3.8, 4) is 6.07 Å². The number of aromatic nitrogens is 1. The van der Waals surface area contributed by atoms with Crippen LogP contribution in [0.3, 0.4) is 0 Å². The molecule has 96 valence electrons. The molecule has 19 heavy (non-hydrogen) atoms. The van der Waals surface area contributed by atoms with Gasteiger partial charge in [0.15, 0.2) is 0 Å². The standard InChI is InChI=1S/C15H15N3O/c1-18-9-3-6-14(18)7-8-15(19)17-13-5-2-4-12(10-13)11-16/h2-6,9-10H,7-8H2,1H3,(H,17,19). The third-order valence-electron chi connectivity index (χ3n) is 2.93. The Morgan fingerprint density at radius 1 is 1.37 bits per heavy atom. The lowest BCUT2D eigenvalue weighted by molar-refractivity contribution is -0.116. The molecule has 0 bridgehead atoms. The fourth-order valence-electron chi connectivity index (χ4n) is 1.89. The molecule has 0 fully saturated rings. The van der Waals surface area contributed by atoms with Crippen molar-refractivity contribution in [1.29, 1.82) is 5.26 Å². The lowest BCUT2D eigenvalue weighted by atomic mass is 10.2. The Morgan fingerprint density at radius 3 is 2.89 bits per heavy atom. The molecule has 0 saturated heterocycles. The van der Waals surface area contributed by atoms with E-state index >= 15 is 0 Å². The molecule has 2 aromatic rings. The van der Waals surface area contributed by atoms with Crippen LogP contribution in [-0.4, -0.2) is 10.5 Å². The normalized spacial score (nSPS) is 9.89. The Balaban J connectivity index is 1.91. The van der Waals surface area contributed by atoms with Gasteiger partial charge in [-0.05, 0) is 36.8 Å². The monoisotopic (exact) mass is 253 g/mol. The van der Waals surface area contributed by atoms with Gasteiger partial charge in [-0.3, -0.25) is 4.79 Å². The number of benzene rings is 1. The highest BCUT2D eigenvalue weighted by atomic mass is 16.1. The molecule has 0 aliphatic heterocycles. The van der Waals surface area contributed by atoms with Crippen molar-refractivity contribution in [2.24, 2.45) is 7.05 Å². The van der Waals surface area contributed by atoms with Crippen LogP contribution < -0.4 is 5.32 Å². The highest BCUT2D eigenvalue weighted by molar-refractivity contribution is 5.90. The second-order valence-corrected chi connectivity index (χ2v) is 4.35. The van der Waals surface area contributed by atoms with Crippen LogP contribution in [0.5, 0.6) is 0 Å². The van der Waals surface area contributed by atoms with Crippen LogP contribution >= 0.6 is 0 Å². The molecule has 0 spiro atoms. The number of carbonyl (C=O) groups excluding carboxylic acids is 1. The third-order valence-corrected chi connectivity index (χ3v) is 2.93. The maximum atomic E-state index is 11.8. The van der Waals surface area contributed by atoms with Crippen LogP contribution in [0, 0.1) is 11.3 Å². The van der Waals surface area contributed by atoms with Gasteiger partial charge in [0.2, 0.25) is 5.91 Å². The number of nitriles is 1. The Morgan fingerprint density at radius 2 is 2.21 bits per heavy atom. The van der Waals surface area contributed by atoms with E-state index in [1.165, 1.54) is 0 Å². The summed E-state index contributed by atoms with van der Waals surface area (Å²) in [6.45, 7) is 0. The van der Waals surface area contributed by atoms with Gasteiger partial charge in [0.05, 0.1) is 11.6 Å². The molecule has 1 heterocycles. The number of rotatable bonds is 4. The predicted octanol–water partition coefficient (Wildman–Crippen LogP) is 2.47. The molecule has 1 aromatic heterocycles. The molecule has 2 rings (SSSR count). The van der Waals surface area contributed by atoms with E-state index in [0.717, 1.165) is 5.69 Å². The summed E-state index contributed by atoms with van der Waals surface area (Å²) in [6.07, 6.45) is 3.09. The van der Waals surface area contributed by atoms with Crippen molar-refractivity contribution in [2.75, 3.05) is 5.32 Å². The zero-order chi connectivity index (χ0) is 13.7. The molecule has 4 heteroatoms. The second kappa shape index (κ2) is 5.87. The topological polar surface area (TPSA) is 57.8 Å². The molecule has 0 aliphatic carbocycles. The number of anilines is 1. The smallest absolute Gasteiger partial charge is 0.224 e. The molecule has 1 N–H and O–H groups in total. The Labute approximate surface area is 112 Å². The fourth-order valence-corrected chi connectivity index (χ4v) is 1.89. The number of carbonyl (C=O) groups is 1. The van der Waals surface area contributed by atoms with E-state index in [-0.39, 0.29) is 5.91 Å². The summed E-state index contributed by atoms with van der Waals surface area (Å²) in [5.74, 6) is -0.0451. The summed E-state index contributed by atoms with van der Waals surface area (Å²) >= 11 is 0. The molecule has 0 unspecified atom stereocenters. The minimum absolute atomic E-state index is 0.0451. The minimum atomic E-state index is -0.0451. The van der Waals surface area contributed by atoms with Gasteiger partial charge in [-0.25, -0.2) is 0 Å². The quantitative estimate of drug-likeness (QED) is 0.910. The highest BCUT2D eigenvalue weighted by Gasteiger charge is 2.05. The van der Waals surface area contributed by atoms with Gasteiger partial charge in [-0.2, -0.15) is 5.26 Å². The van der Waals surface area contributed by atoms with Gasteiger partial charge in [0.1, 0.15) is 0 Å². The molecule has 4 nitrogen and oxygen atoms in total. The number of nitrogens with one attached hydrogen (secondary N) is 1. The van der Waals surface area contributed by atoms with Gasteiger partial charge in [-0.15, -0.1) is 0 Å². The number of aryl methyl sites for hydroxylation is 2. The van der Waals surface area contributed by atoms with Gasteiger partial charge >= 0.3 is 0 Å². The van der Waals surface area contributed by atoms with E-state index in [2.05, 4.69) is 5.32 Å². The number of amides is 1. The average molecular weight is 253 g/mol. The van der Waals surface area contributed by atoms with E-state index < -0.39 is 0 Å². The molecule has 1 amide bonds. The number of hydrogen-bond acceptors (Lipinski definition) is 2. The summed E-state index contributed by atoms with van der Waals surface area (Å²) in [5, 5.41) is 11.6. The first kappa shape index (κ1) is 12.9. The zero-order valence-corrected chi connectivity index (χ0v) is 10.8. The molecule has 1 aromatic carbocycles. The zero-order valence-electron chi connectivity index (χ0n) is 10.8. The maximum absolute atomic E-state index is 11.8. The van der Waals surface area contributed by atoms with Gasteiger partial charge in [0, 0.05) is 31.0 Å². The fraction of sp³-hybridized carbons (Fsp3) is 0.200. The predicted molar refractivity (Wildman–Crippen MR) is 73.5 cm³/mol. The Kier molecular flexibility index (Phi) is 3.99. The van der Waals surface area contributed by atoms with E-state index in [0.29, 0.717) is 24.1 Å². The van der Waals surface area contributed by atoms with Crippen molar-refractivity contribution < 1.29 is 4.79 Å². The maximum Gasteiger partial charge on any atom is 0.224 e. The molecular weight excluding hydrogens is 238 g/mol. The van der Waals surface area contributed by atoms with Crippen LogP contribution in [0.4, 0.5) is 5.69 Å². The van der Waals surface area contributed by atoms with Crippen molar-refractivity contribution in [3.05, 3.63) is 53.9 Å². The Hall–Kier alpha value is -2.54. The van der Waals surface area contributed by atoms with Crippen molar-refractivity contribution in [3.63, 3.8) is 0 Å². The second-order valence-electron chi connectivity index (χ2n) is 4.35. The minimum Gasteiger partial charge on any atom is -0.354 e. The summed E-state index contributed by atoms with van der Waals surface area (Å²) in [7, 11) is 1.96. The van der Waals surface area contributed by atoms with E-state index in [9.17, 15) is 4.79 Å². The number of nitrogens with zero attached hydrogens (tertiary/aromatic N) is 2. The van der Waals surface area contributed by atoms with E-state index in [1.807, 2.05) is 36.0 Å². The van der Waals surface area contributed by atoms with Crippen LogP contribution in [0.1, 0.15) is 17.7 Å².